The first-order valence-electron chi connectivity index (χ1n) is 8.46. The third-order valence-electron chi connectivity index (χ3n) is 4.15. The number of rotatable bonds is 8. The highest BCUT2D eigenvalue weighted by atomic mass is 32.2. The van der Waals surface area contributed by atoms with Gasteiger partial charge in [0.25, 0.3) is 0 Å². The molecule has 26 heavy (non-hydrogen) atoms. The van der Waals surface area contributed by atoms with Crippen molar-refractivity contribution in [1.82, 2.24) is 5.32 Å². The monoisotopic (exact) mass is 379 g/mol. The molecule has 1 aromatic carbocycles. The van der Waals surface area contributed by atoms with E-state index in [4.69, 9.17) is 13.9 Å². The Kier molecular flexibility index (Phi) is 5.51. The number of amides is 1. The van der Waals surface area contributed by atoms with Gasteiger partial charge >= 0.3 is 0 Å². The van der Waals surface area contributed by atoms with Crippen LogP contribution in [0.1, 0.15) is 37.2 Å². The lowest BCUT2D eigenvalue weighted by Gasteiger charge is -2.17. The fourth-order valence-electron chi connectivity index (χ4n) is 2.69. The molecule has 0 radical (unpaired) electrons. The Morgan fingerprint density at radius 1 is 1.23 bits per heavy atom. The molecule has 0 unspecified atom stereocenters. The average molecular weight is 379 g/mol. The molecule has 0 bridgehead atoms. The molecule has 1 aliphatic rings. The third kappa shape index (κ3) is 3.85. The molecule has 2 heterocycles. The summed E-state index contributed by atoms with van der Waals surface area (Å²) >= 11 is 0. The molecule has 2 aromatic rings. The van der Waals surface area contributed by atoms with Gasteiger partial charge in [-0.15, -0.1) is 0 Å². The molecule has 1 aliphatic heterocycles. The van der Waals surface area contributed by atoms with Crippen LogP contribution in [0.15, 0.2) is 45.9 Å². The summed E-state index contributed by atoms with van der Waals surface area (Å²) in [5.41, 5.74) is 0. The van der Waals surface area contributed by atoms with Gasteiger partial charge in [0.1, 0.15) is 11.0 Å². The van der Waals surface area contributed by atoms with Crippen LogP contribution in [-0.2, 0) is 14.6 Å². The largest absolute Gasteiger partial charge is 0.468 e. The molecule has 1 aromatic heterocycles. The summed E-state index contributed by atoms with van der Waals surface area (Å²) in [6.45, 7) is 1.99. The van der Waals surface area contributed by atoms with Crippen LogP contribution in [0, 0.1) is 0 Å². The Balaban J connectivity index is 1.85. The Labute approximate surface area is 152 Å². The number of benzene rings is 1. The summed E-state index contributed by atoms with van der Waals surface area (Å²) in [5.74, 6) is 0.991. The van der Waals surface area contributed by atoms with Gasteiger partial charge in [-0.05, 0) is 30.7 Å². The van der Waals surface area contributed by atoms with Crippen LogP contribution >= 0.6 is 0 Å². The predicted octanol–water partition coefficient (Wildman–Crippen LogP) is 2.83. The highest BCUT2D eigenvalue weighted by molar-refractivity contribution is 7.91. The molecule has 0 saturated heterocycles. The SMILES string of the molecule is CCCCC(=O)NC[C@@H](c1ccco1)S(=O)(=O)c1ccc2c(c1)OCO2. The lowest BCUT2D eigenvalue weighted by Crippen LogP contribution is -2.31. The standard InChI is InChI=1S/C18H21NO6S/c1-2-3-6-18(20)19-11-17(15-5-4-9-23-15)26(21,22)13-7-8-14-16(10-13)25-12-24-14/h4-5,7-10,17H,2-3,6,11-12H2,1H3,(H,19,20)/t17-/m0/s1. The molecule has 0 fully saturated rings. The van der Waals surface area contributed by atoms with Gasteiger partial charge in [-0.1, -0.05) is 13.3 Å². The maximum atomic E-state index is 13.1. The number of carbonyl (C=O) groups is 1. The van der Waals surface area contributed by atoms with Crippen LogP contribution in [0.2, 0.25) is 0 Å². The van der Waals surface area contributed by atoms with Gasteiger partial charge in [-0.3, -0.25) is 4.79 Å². The van der Waals surface area contributed by atoms with E-state index in [0.717, 1.165) is 12.8 Å². The van der Waals surface area contributed by atoms with E-state index in [9.17, 15) is 13.2 Å². The number of nitrogens with one attached hydrogen (secondary N) is 1. The molecular weight excluding hydrogens is 358 g/mol. The van der Waals surface area contributed by atoms with E-state index in [0.29, 0.717) is 17.9 Å². The van der Waals surface area contributed by atoms with E-state index < -0.39 is 15.1 Å². The summed E-state index contributed by atoms with van der Waals surface area (Å²) in [4.78, 5) is 12.0. The number of ether oxygens (including phenoxy) is 2. The number of hydrogen-bond donors (Lipinski definition) is 1. The van der Waals surface area contributed by atoms with Gasteiger partial charge in [-0.2, -0.15) is 0 Å². The van der Waals surface area contributed by atoms with Crippen molar-refractivity contribution in [2.75, 3.05) is 13.3 Å². The number of sulfone groups is 1. The van der Waals surface area contributed by atoms with E-state index in [2.05, 4.69) is 5.32 Å². The summed E-state index contributed by atoms with van der Waals surface area (Å²) in [5, 5.41) is 1.68. The molecule has 1 amide bonds. The van der Waals surface area contributed by atoms with Crippen LogP contribution in [0.5, 0.6) is 11.5 Å². The molecule has 3 rings (SSSR count). The zero-order valence-electron chi connectivity index (χ0n) is 14.4. The zero-order valence-corrected chi connectivity index (χ0v) is 15.3. The fraction of sp³-hybridized carbons (Fsp3) is 0.389. The van der Waals surface area contributed by atoms with Gasteiger partial charge in [0, 0.05) is 19.0 Å². The molecule has 0 saturated carbocycles. The molecule has 7 nitrogen and oxygen atoms in total. The lowest BCUT2D eigenvalue weighted by atomic mass is 10.2. The van der Waals surface area contributed by atoms with Gasteiger partial charge < -0.3 is 19.2 Å². The maximum Gasteiger partial charge on any atom is 0.231 e. The lowest BCUT2D eigenvalue weighted by molar-refractivity contribution is -0.121. The van der Waals surface area contributed by atoms with Crippen molar-refractivity contribution in [2.24, 2.45) is 0 Å². The van der Waals surface area contributed by atoms with Crippen molar-refractivity contribution in [3.63, 3.8) is 0 Å². The number of unbranched alkanes of at least 4 members (excludes halogenated alkanes) is 1. The van der Waals surface area contributed by atoms with E-state index in [1.165, 1.54) is 18.4 Å². The first kappa shape index (κ1) is 18.3. The molecule has 0 spiro atoms. The van der Waals surface area contributed by atoms with Crippen LogP contribution in [0.4, 0.5) is 0 Å². The second kappa shape index (κ2) is 7.82. The minimum Gasteiger partial charge on any atom is -0.468 e. The normalized spacial score (nSPS) is 14.2. The summed E-state index contributed by atoms with van der Waals surface area (Å²) in [6, 6.07) is 7.68. The van der Waals surface area contributed by atoms with Gasteiger partial charge in [0.2, 0.25) is 12.7 Å². The fourth-order valence-corrected chi connectivity index (χ4v) is 4.29. The second-order valence-corrected chi connectivity index (χ2v) is 8.10. The van der Waals surface area contributed by atoms with Crippen molar-refractivity contribution in [1.29, 1.82) is 0 Å². The summed E-state index contributed by atoms with van der Waals surface area (Å²) in [7, 11) is -3.81. The first-order chi connectivity index (χ1) is 12.5. The van der Waals surface area contributed by atoms with E-state index in [-0.39, 0.29) is 29.9 Å². The molecule has 1 N–H and O–H groups in total. The second-order valence-electron chi connectivity index (χ2n) is 5.97. The Bertz CT molecular complexity index is 860. The molecule has 8 heteroatoms. The topological polar surface area (TPSA) is 94.8 Å². The van der Waals surface area contributed by atoms with Crippen molar-refractivity contribution >= 4 is 15.7 Å². The Morgan fingerprint density at radius 3 is 2.77 bits per heavy atom. The number of fused-ring (bicyclic) bond motifs is 1. The minimum atomic E-state index is -3.81. The highest BCUT2D eigenvalue weighted by Crippen LogP contribution is 2.37. The average Bonchev–Trinajstić information content (AvgIpc) is 3.30. The zero-order chi connectivity index (χ0) is 18.6. The summed E-state index contributed by atoms with van der Waals surface area (Å²) < 4.78 is 42.1. The molecule has 140 valence electrons. The smallest absolute Gasteiger partial charge is 0.231 e. The van der Waals surface area contributed by atoms with Crippen LogP contribution < -0.4 is 14.8 Å². The number of hydrogen-bond acceptors (Lipinski definition) is 6. The van der Waals surface area contributed by atoms with Crippen molar-refractivity contribution in [3.8, 4) is 11.5 Å². The van der Waals surface area contributed by atoms with Gasteiger partial charge in [-0.25, -0.2) is 8.42 Å². The van der Waals surface area contributed by atoms with Crippen molar-refractivity contribution < 1.29 is 27.1 Å². The molecule has 1 atom stereocenters. The quantitative estimate of drug-likeness (QED) is 0.758. The minimum absolute atomic E-state index is 0.0627. The van der Waals surface area contributed by atoms with Crippen LogP contribution in [0.3, 0.4) is 0 Å². The van der Waals surface area contributed by atoms with Crippen LogP contribution in [-0.4, -0.2) is 27.7 Å². The Morgan fingerprint density at radius 2 is 2.04 bits per heavy atom. The highest BCUT2D eigenvalue weighted by Gasteiger charge is 2.33. The van der Waals surface area contributed by atoms with Crippen LogP contribution in [0.25, 0.3) is 0 Å². The van der Waals surface area contributed by atoms with Crippen molar-refractivity contribution in [3.05, 3.63) is 42.4 Å². The summed E-state index contributed by atoms with van der Waals surface area (Å²) in [6.07, 6.45) is 3.43. The third-order valence-corrected chi connectivity index (χ3v) is 6.21. The predicted molar refractivity (Wildman–Crippen MR) is 93.7 cm³/mol. The van der Waals surface area contributed by atoms with Gasteiger partial charge in [0.05, 0.1) is 11.2 Å². The molecular formula is C18H21NO6S. The Hall–Kier alpha value is -2.48. The number of furan rings is 1. The van der Waals surface area contributed by atoms with Gasteiger partial charge in [0.15, 0.2) is 21.3 Å². The van der Waals surface area contributed by atoms with E-state index in [1.54, 1.807) is 18.2 Å². The van der Waals surface area contributed by atoms with E-state index in [1.807, 2.05) is 6.92 Å². The first-order valence-corrected chi connectivity index (χ1v) is 10.0. The maximum absolute atomic E-state index is 13.1. The number of carbonyl (C=O) groups excluding carboxylic acids is 1. The van der Waals surface area contributed by atoms with E-state index >= 15 is 0 Å². The molecule has 0 aliphatic carbocycles. The van der Waals surface area contributed by atoms with Crippen molar-refractivity contribution in [2.45, 2.75) is 36.3 Å².